The van der Waals surface area contributed by atoms with Gasteiger partial charge in [0.25, 0.3) is 0 Å². The quantitative estimate of drug-likeness (QED) is 0.904. The van der Waals surface area contributed by atoms with E-state index in [-0.39, 0.29) is 16.3 Å². The van der Waals surface area contributed by atoms with Gasteiger partial charge in [-0.2, -0.15) is 11.3 Å². The Hall–Kier alpha value is -1.40. The molecule has 2 heterocycles. The Kier molecular flexibility index (Phi) is 2.93. The molecule has 2 N–H and O–H groups in total. The topological polar surface area (TPSA) is 73.0 Å². The van der Waals surface area contributed by atoms with Crippen LogP contribution in [0.3, 0.4) is 0 Å². The summed E-state index contributed by atoms with van der Waals surface area (Å²) in [6.45, 7) is 0. The molecule has 2 rings (SSSR count). The Morgan fingerprint density at radius 2 is 2.19 bits per heavy atom. The fraction of sp³-hybridized carbons (Fsp3) is 0.100. The summed E-state index contributed by atoms with van der Waals surface area (Å²) in [5, 5.41) is 3.66. The van der Waals surface area contributed by atoms with Crippen LogP contribution in [0.5, 0.6) is 0 Å². The van der Waals surface area contributed by atoms with Crippen LogP contribution in [0.2, 0.25) is 0 Å². The van der Waals surface area contributed by atoms with Crippen LogP contribution in [0.25, 0.3) is 0 Å². The lowest BCUT2D eigenvalue weighted by atomic mass is 10.4. The Bertz CT molecular complexity index is 577. The van der Waals surface area contributed by atoms with Gasteiger partial charge in [-0.25, -0.2) is 8.42 Å². The number of nitrogen functional groups attached to an aromatic ring is 1. The number of sulfone groups is 1. The second-order valence-corrected chi connectivity index (χ2v) is 6.04. The summed E-state index contributed by atoms with van der Waals surface area (Å²) in [7, 11) is -3.37. The molecule has 84 valence electrons. The highest BCUT2D eigenvalue weighted by atomic mass is 32.2. The van der Waals surface area contributed by atoms with Gasteiger partial charge in [-0.05, 0) is 28.5 Å². The highest BCUT2D eigenvalue weighted by Gasteiger charge is 2.18. The molecule has 0 unspecified atom stereocenters. The van der Waals surface area contributed by atoms with Crippen molar-refractivity contribution in [2.75, 3.05) is 5.73 Å². The van der Waals surface area contributed by atoms with Crippen molar-refractivity contribution in [2.45, 2.75) is 10.6 Å². The molecule has 0 aliphatic rings. The number of aromatic nitrogens is 1. The second kappa shape index (κ2) is 4.23. The Morgan fingerprint density at radius 1 is 1.38 bits per heavy atom. The number of hydrogen-bond donors (Lipinski definition) is 1. The molecule has 0 aliphatic carbocycles. The van der Waals surface area contributed by atoms with Crippen LogP contribution in [0, 0.1) is 0 Å². The Morgan fingerprint density at radius 3 is 2.81 bits per heavy atom. The lowest BCUT2D eigenvalue weighted by Gasteiger charge is -2.05. The van der Waals surface area contributed by atoms with Crippen LogP contribution in [0.15, 0.2) is 40.2 Å². The maximum atomic E-state index is 12.0. The molecule has 0 atom stereocenters. The van der Waals surface area contributed by atoms with Crippen molar-refractivity contribution in [3.05, 3.63) is 40.8 Å². The summed E-state index contributed by atoms with van der Waals surface area (Å²) in [5.74, 6) is -0.0231. The third kappa shape index (κ3) is 2.23. The molecule has 0 radical (unpaired) electrons. The largest absolute Gasteiger partial charge is 0.396 e. The van der Waals surface area contributed by atoms with Crippen molar-refractivity contribution in [3.63, 3.8) is 0 Å². The Labute approximate surface area is 97.7 Å². The first kappa shape index (κ1) is 11.1. The lowest BCUT2D eigenvalue weighted by molar-refractivity contribution is 0.595. The molecule has 6 heteroatoms. The van der Waals surface area contributed by atoms with E-state index in [0.717, 1.165) is 5.56 Å². The first-order chi connectivity index (χ1) is 7.59. The van der Waals surface area contributed by atoms with Crippen LogP contribution in [-0.2, 0) is 15.6 Å². The number of nitrogens with two attached hydrogens (primary N) is 1. The fourth-order valence-corrected chi connectivity index (χ4v) is 3.58. The van der Waals surface area contributed by atoms with E-state index in [1.54, 1.807) is 6.07 Å². The monoisotopic (exact) mass is 254 g/mol. The smallest absolute Gasteiger partial charge is 0.184 e. The standard InChI is InChI=1S/C10H10N2O2S2/c11-9-5-12-3-1-10(9)16(13,14)7-8-2-4-15-6-8/h1-6H,7,11H2. The number of nitrogens with zero attached hydrogens (tertiary/aromatic N) is 1. The fourth-order valence-electron chi connectivity index (χ4n) is 1.35. The molecule has 0 aliphatic heterocycles. The van der Waals surface area contributed by atoms with Crippen LogP contribution in [0.4, 0.5) is 5.69 Å². The maximum absolute atomic E-state index is 12.0. The van der Waals surface area contributed by atoms with Crippen LogP contribution in [0.1, 0.15) is 5.56 Å². The normalized spacial score (nSPS) is 11.5. The van der Waals surface area contributed by atoms with Gasteiger partial charge in [0.1, 0.15) is 0 Å². The van der Waals surface area contributed by atoms with Gasteiger partial charge < -0.3 is 5.73 Å². The van der Waals surface area contributed by atoms with Crippen LogP contribution >= 0.6 is 11.3 Å². The van der Waals surface area contributed by atoms with Gasteiger partial charge in [0, 0.05) is 6.20 Å². The van der Waals surface area contributed by atoms with Crippen molar-refractivity contribution in [3.8, 4) is 0 Å². The van der Waals surface area contributed by atoms with Gasteiger partial charge in [-0.1, -0.05) is 0 Å². The molecule has 16 heavy (non-hydrogen) atoms. The van der Waals surface area contributed by atoms with E-state index in [1.807, 2.05) is 10.8 Å². The van der Waals surface area contributed by atoms with E-state index >= 15 is 0 Å². The van der Waals surface area contributed by atoms with Gasteiger partial charge in [0.2, 0.25) is 0 Å². The molecular formula is C10H10N2O2S2. The zero-order valence-corrected chi connectivity index (χ0v) is 9.96. The zero-order chi connectivity index (χ0) is 11.6. The van der Waals surface area contributed by atoms with E-state index in [9.17, 15) is 8.42 Å². The number of thiophene rings is 1. The molecular weight excluding hydrogens is 244 g/mol. The summed E-state index contributed by atoms with van der Waals surface area (Å²) in [5.41, 5.74) is 6.57. The van der Waals surface area contributed by atoms with Crippen molar-refractivity contribution < 1.29 is 8.42 Å². The summed E-state index contributed by atoms with van der Waals surface area (Å²) in [6.07, 6.45) is 2.78. The number of rotatable bonds is 3. The number of pyridine rings is 1. The predicted octanol–water partition coefficient (Wildman–Crippen LogP) is 1.70. The first-order valence-electron chi connectivity index (χ1n) is 4.53. The van der Waals surface area contributed by atoms with Crippen molar-refractivity contribution in [1.82, 2.24) is 4.98 Å². The summed E-state index contributed by atoms with van der Waals surface area (Å²) in [6, 6.07) is 3.22. The molecule has 0 aromatic carbocycles. The molecule has 4 nitrogen and oxygen atoms in total. The third-order valence-electron chi connectivity index (χ3n) is 2.08. The summed E-state index contributed by atoms with van der Waals surface area (Å²) in [4.78, 5) is 3.92. The first-order valence-corrected chi connectivity index (χ1v) is 7.12. The third-order valence-corrected chi connectivity index (χ3v) is 4.57. The minimum atomic E-state index is -3.37. The number of hydrogen-bond acceptors (Lipinski definition) is 5. The predicted molar refractivity (Wildman–Crippen MR) is 63.9 cm³/mol. The van der Waals surface area contributed by atoms with Gasteiger partial charge in [-0.3, -0.25) is 4.98 Å². The SMILES string of the molecule is Nc1cnccc1S(=O)(=O)Cc1ccsc1. The average Bonchev–Trinajstić information content (AvgIpc) is 2.70. The van der Waals surface area contributed by atoms with E-state index in [4.69, 9.17) is 5.73 Å². The van der Waals surface area contributed by atoms with Gasteiger partial charge in [0.05, 0.1) is 22.5 Å². The molecule has 0 spiro atoms. The minimum absolute atomic E-state index is 0.0231. The van der Waals surface area contributed by atoms with Crippen LogP contribution in [-0.4, -0.2) is 13.4 Å². The van der Waals surface area contributed by atoms with Gasteiger partial charge in [0.15, 0.2) is 9.84 Å². The number of anilines is 1. The van der Waals surface area contributed by atoms with E-state index in [1.165, 1.54) is 29.8 Å². The van der Waals surface area contributed by atoms with Gasteiger partial charge >= 0.3 is 0 Å². The molecule has 2 aromatic rings. The van der Waals surface area contributed by atoms with E-state index < -0.39 is 9.84 Å². The van der Waals surface area contributed by atoms with Crippen LogP contribution < -0.4 is 5.73 Å². The summed E-state index contributed by atoms with van der Waals surface area (Å²) >= 11 is 1.47. The molecule has 0 saturated heterocycles. The van der Waals surface area contributed by atoms with Crippen molar-refractivity contribution in [1.29, 1.82) is 0 Å². The lowest BCUT2D eigenvalue weighted by Crippen LogP contribution is -2.07. The second-order valence-electron chi connectivity index (χ2n) is 3.30. The highest BCUT2D eigenvalue weighted by Crippen LogP contribution is 2.21. The molecule has 0 amide bonds. The summed E-state index contributed by atoms with van der Waals surface area (Å²) < 4.78 is 24.0. The van der Waals surface area contributed by atoms with Gasteiger partial charge in [-0.15, -0.1) is 0 Å². The van der Waals surface area contributed by atoms with E-state index in [0.29, 0.717) is 0 Å². The zero-order valence-electron chi connectivity index (χ0n) is 8.33. The molecule has 0 fully saturated rings. The van der Waals surface area contributed by atoms with Crippen molar-refractivity contribution >= 4 is 26.9 Å². The average molecular weight is 254 g/mol. The minimum Gasteiger partial charge on any atom is -0.396 e. The molecule has 0 saturated carbocycles. The van der Waals surface area contributed by atoms with Crippen molar-refractivity contribution in [2.24, 2.45) is 0 Å². The maximum Gasteiger partial charge on any atom is 0.184 e. The molecule has 2 aromatic heterocycles. The van der Waals surface area contributed by atoms with E-state index in [2.05, 4.69) is 4.98 Å². The molecule has 0 bridgehead atoms. The Balaban J connectivity index is 2.37. The highest BCUT2D eigenvalue weighted by molar-refractivity contribution is 7.90.